The average molecular weight is 1190 g/mol. The molecule has 2 unspecified atom stereocenters. The van der Waals surface area contributed by atoms with Gasteiger partial charge in [-0.2, -0.15) is 0 Å². The number of esters is 1. The van der Waals surface area contributed by atoms with Crippen LogP contribution in [0.3, 0.4) is 0 Å². The molecule has 0 spiro atoms. The molecule has 0 saturated carbocycles. The molecule has 0 heterocycles. The molecule has 0 bridgehead atoms. The fraction of sp³-hybridized carbons (Fsp3) is 0.949. The Morgan fingerprint density at radius 1 is 0.321 bits per heavy atom. The smallest absolute Gasteiger partial charge is 0.305 e. The van der Waals surface area contributed by atoms with Crippen LogP contribution < -0.4 is 5.32 Å². The van der Waals surface area contributed by atoms with Gasteiger partial charge >= 0.3 is 5.97 Å². The zero-order valence-corrected chi connectivity index (χ0v) is 57.4. The predicted molar refractivity (Wildman–Crippen MR) is 370 cm³/mol. The lowest BCUT2D eigenvalue weighted by molar-refractivity contribution is -0.143. The molecule has 1 amide bonds. The van der Waals surface area contributed by atoms with E-state index in [9.17, 15) is 19.8 Å². The van der Waals surface area contributed by atoms with Crippen molar-refractivity contribution in [2.75, 3.05) is 13.2 Å². The molecule has 0 saturated heterocycles. The van der Waals surface area contributed by atoms with E-state index >= 15 is 0 Å². The number of ether oxygens (including phenoxy) is 1. The van der Waals surface area contributed by atoms with Gasteiger partial charge in [0.05, 0.1) is 25.4 Å². The molecule has 2 atom stereocenters. The summed E-state index contributed by atoms with van der Waals surface area (Å²) in [7, 11) is 0. The molecule has 0 aliphatic carbocycles. The van der Waals surface area contributed by atoms with Crippen LogP contribution in [0.2, 0.25) is 0 Å². The van der Waals surface area contributed by atoms with Gasteiger partial charge in [0.15, 0.2) is 0 Å². The summed E-state index contributed by atoms with van der Waals surface area (Å²) in [6.07, 6.45) is 93.0. The molecule has 6 nitrogen and oxygen atoms in total. The second-order valence-electron chi connectivity index (χ2n) is 27.0. The largest absolute Gasteiger partial charge is 0.466 e. The second kappa shape index (κ2) is 74.1. The number of carbonyl (C=O) groups is 2. The summed E-state index contributed by atoms with van der Waals surface area (Å²) in [6.45, 7) is 4.99. The van der Waals surface area contributed by atoms with Crippen molar-refractivity contribution in [3.8, 4) is 0 Å². The predicted octanol–water partition coefficient (Wildman–Crippen LogP) is 25.5. The van der Waals surface area contributed by atoms with Crippen molar-refractivity contribution in [3.05, 3.63) is 12.2 Å². The first-order chi connectivity index (χ1) is 41.5. The molecule has 0 aliphatic rings. The minimum absolute atomic E-state index is 0.0142. The summed E-state index contributed by atoms with van der Waals surface area (Å²) < 4.78 is 5.49. The van der Waals surface area contributed by atoms with Crippen molar-refractivity contribution in [1.29, 1.82) is 0 Å². The average Bonchev–Trinajstić information content (AvgIpc) is 3.51. The minimum atomic E-state index is -0.661. The summed E-state index contributed by atoms with van der Waals surface area (Å²) >= 11 is 0. The van der Waals surface area contributed by atoms with Crippen molar-refractivity contribution in [3.63, 3.8) is 0 Å². The quantitative estimate of drug-likeness (QED) is 0.0320. The fourth-order valence-electron chi connectivity index (χ4n) is 12.6. The maximum absolute atomic E-state index is 12.6. The number of rotatable bonds is 74. The summed E-state index contributed by atoms with van der Waals surface area (Å²) in [5, 5.41) is 23.4. The Labute approximate surface area is 527 Å². The highest BCUT2D eigenvalue weighted by atomic mass is 16.5. The van der Waals surface area contributed by atoms with E-state index in [1.807, 2.05) is 0 Å². The Kier molecular flexibility index (Phi) is 72.8. The Bertz CT molecular complexity index is 1270. The van der Waals surface area contributed by atoms with Gasteiger partial charge in [0.1, 0.15) is 0 Å². The molecule has 84 heavy (non-hydrogen) atoms. The molecule has 0 rings (SSSR count). The molecular formula is C78H153NO5. The first-order valence-electron chi connectivity index (χ1n) is 38.9. The van der Waals surface area contributed by atoms with E-state index < -0.39 is 12.1 Å². The number of aliphatic hydroxyl groups excluding tert-OH is 2. The number of nitrogens with one attached hydrogen (secondary N) is 1. The second-order valence-corrected chi connectivity index (χ2v) is 27.0. The maximum Gasteiger partial charge on any atom is 0.305 e. The number of amides is 1. The Morgan fingerprint density at radius 2 is 0.560 bits per heavy atom. The number of allylic oxidation sites excluding steroid dienone is 2. The van der Waals surface area contributed by atoms with Crippen LogP contribution in [0.25, 0.3) is 0 Å². The third-order valence-corrected chi connectivity index (χ3v) is 18.6. The zero-order valence-electron chi connectivity index (χ0n) is 57.4. The van der Waals surface area contributed by atoms with Crippen molar-refractivity contribution in [2.45, 2.75) is 463 Å². The highest BCUT2D eigenvalue weighted by Gasteiger charge is 2.20. The van der Waals surface area contributed by atoms with Crippen LogP contribution >= 0.6 is 0 Å². The lowest BCUT2D eigenvalue weighted by Crippen LogP contribution is -2.45. The van der Waals surface area contributed by atoms with Gasteiger partial charge in [0, 0.05) is 12.8 Å². The van der Waals surface area contributed by atoms with Gasteiger partial charge in [-0.1, -0.05) is 398 Å². The summed E-state index contributed by atoms with van der Waals surface area (Å²) in [6, 6.07) is -0.538. The first-order valence-corrected chi connectivity index (χ1v) is 38.9. The van der Waals surface area contributed by atoms with Crippen LogP contribution in [0.4, 0.5) is 0 Å². The van der Waals surface area contributed by atoms with Crippen molar-refractivity contribution >= 4 is 11.9 Å². The molecule has 500 valence electrons. The van der Waals surface area contributed by atoms with Gasteiger partial charge in [-0.25, -0.2) is 0 Å². The van der Waals surface area contributed by atoms with Crippen molar-refractivity contribution in [1.82, 2.24) is 5.32 Å². The van der Waals surface area contributed by atoms with Crippen LogP contribution in [0.15, 0.2) is 12.2 Å². The van der Waals surface area contributed by atoms with E-state index in [0.29, 0.717) is 25.9 Å². The Hall–Kier alpha value is -1.40. The lowest BCUT2D eigenvalue weighted by atomic mass is 10.0. The van der Waals surface area contributed by atoms with Crippen molar-refractivity contribution in [2.24, 2.45) is 0 Å². The third kappa shape index (κ3) is 69.7. The number of unbranched alkanes of at least 4 members (excludes halogenated alkanes) is 61. The molecule has 0 radical (unpaired) electrons. The molecule has 0 aromatic rings. The lowest BCUT2D eigenvalue weighted by Gasteiger charge is -2.22. The van der Waals surface area contributed by atoms with Gasteiger partial charge in [-0.05, 0) is 51.4 Å². The minimum Gasteiger partial charge on any atom is -0.466 e. The molecule has 3 N–H and O–H groups in total. The van der Waals surface area contributed by atoms with Gasteiger partial charge < -0.3 is 20.3 Å². The van der Waals surface area contributed by atoms with Crippen LogP contribution in [0.1, 0.15) is 450 Å². The summed E-state index contributed by atoms with van der Waals surface area (Å²) in [5.74, 6) is -0.0106. The molecule has 0 aromatic heterocycles. The van der Waals surface area contributed by atoms with Gasteiger partial charge in [-0.15, -0.1) is 0 Å². The SMILES string of the molecule is CCCCCCC/C=C\CCCCCCCC(=O)OCCCCCCCCCCCCCCCCCCCCCCCCCCCCCCCCCCCC(=O)NC(CO)C(O)CCCCCCCCCCCCCCCCCCCCCC. The van der Waals surface area contributed by atoms with Gasteiger partial charge in [0.2, 0.25) is 5.91 Å². The van der Waals surface area contributed by atoms with E-state index in [-0.39, 0.29) is 18.5 Å². The molecule has 0 aromatic carbocycles. The van der Waals surface area contributed by atoms with Crippen LogP contribution in [0.5, 0.6) is 0 Å². The summed E-state index contributed by atoms with van der Waals surface area (Å²) in [5.41, 5.74) is 0. The highest BCUT2D eigenvalue weighted by molar-refractivity contribution is 5.76. The van der Waals surface area contributed by atoms with E-state index in [1.54, 1.807) is 0 Å². The molecule has 0 fully saturated rings. The molecule has 0 aliphatic heterocycles. The number of hydrogen-bond acceptors (Lipinski definition) is 5. The highest BCUT2D eigenvalue weighted by Crippen LogP contribution is 2.20. The summed E-state index contributed by atoms with van der Waals surface area (Å²) in [4.78, 5) is 24.6. The number of aliphatic hydroxyl groups is 2. The normalized spacial score (nSPS) is 12.5. The van der Waals surface area contributed by atoms with Gasteiger partial charge in [-0.3, -0.25) is 9.59 Å². The fourth-order valence-corrected chi connectivity index (χ4v) is 12.6. The third-order valence-electron chi connectivity index (χ3n) is 18.6. The Morgan fingerprint density at radius 3 is 0.845 bits per heavy atom. The number of hydrogen-bond donors (Lipinski definition) is 3. The van der Waals surface area contributed by atoms with Crippen molar-refractivity contribution < 1.29 is 24.5 Å². The monoisotopic (exact) mass is 1180 g/mol. The number of carbonyl (C=O) groups excluding carboxylic acids is 2. The first kappa shape index (κ1) is 82.6. The van der Waals surface area contributed by atoms with E-state index in [1.165, 1.54) is 372 Å². The molecular weight excluding hydrogens is 1030 g/mol. The van der Waals surface area contributed by atoms with E-state index in [0.717, 1.165) is 44.9 Å². The molecule has 6 heteroatoms. The van der Waals surface area contributed by atoms with Crippen LogP contribution in [0, 0.1) is 0 Å². The maximum atomic E-state index is 12.6. The van der Waals surface area contributed by atoms with E-state index in [2.05, 4.69) is 31.3 Å². The standard InChI is InChI=1S/C78H153NO5/c1-3-5-7-9-11-13-15-17-19-20-21-37-40-43-46-50-54-58-62-66-70-76(81)75(74-80)79-77(82)71-67-63-59-55-51-47-44-41-38-35-33-31-29-27-25-23-22-24-26-28-30-32-34-36-39-42-45-49-53-57-61-65-69-73-84-78(83)72-68-64-60-56-52-48-18-16-14-12-10-8-6-4-2/h16,18,75-76,80-81H,3-15,17,19-74H2,1-2H3,(H,79,82)/b18-16-. The van der Waals surface area contributed by atoms with Crippen LogP contribution in [-0.4, -0.2) is 47.4 Å². The van der Waals surface area contributed by atoms with Gasteiger partial charge in [0.25, 0.3) is 0 Å². The topological polar surface area (TPSA) is 95.9 Å². The van der Waals surface area contributed by atoms with E-state index in [4.69, 9.17) is 4.74 Å². The van der Waals surface area contributed by atoms with Crippen LogP contribution in [-0.2, 0) is 14.3 Å². The zero-order chi connectivity index (χ0) is 60.6. The Balaban J connectivity index is 3.32.